The van der Waals surface area contributed by atoms with Crippen LogP contribution < -0.4 is 15.8 Å². The van der Waals surface area contributed by atoms with Gasteiger partial charge < -0.3 is 15.8 Å². The molecule has 0 spiro atoms. The minimum atomic E-state index is -0.229. The van der Waals surface area contributed by atoms with Crippen molar-refractivity contribution in [1.82, 2.24) is 10.3 Å². The molecule has 21 heavy (non-hydrogen) atoms. The summed E-state index contributed by atoms with van der Waals surface area (Å²) in [7, 11) is 0. The number of nitrogens with zero attached hydrogens (tertiary/aromatic N) is 1. The summed E-state index contributed by atoms with van der Waals surface area (Å²) in [5.74, 6) is 0.441. The Hall–Kier alpha value is -1.63. The van der Waals surface area contributed by atoms with Gasteiger partial charge in [0.25, 0.3) is 5.91 Å². The minimum Gasteiger partial charge on any atom is -0.489 e. The molecule has 1 unspecified atom stereocenters. The maximum absolute atomic E-state index is 11.9. The van der Waals surface area contributed by atoms with Crippen LogP contribution in [0, 0.1) is 0 Å². The second-order valence-corrected chi connectivity index (χ2v) is 5.81. The van der Waals surface area contributed by atoms with Gasteiger partial charge in [0.1, 0.15) is 22.6 Å². The van der Waals surface area contributed by atoms with E-state index >= 15 is 0 Å². The van der Waals surface area contributed by atoms with E-state index in [4.69, 9.17) is 22.1 Å². The fourth-order valence-electron chi connectivity index (χ4n) is 1.65. The number of carbonyl (C=O) groups is 1. The standard InChI is InChI=1S/C14H16ClN3O2S/c1-9(20-11-4-2-3-10(15)5-11)7-17-14(19)12-8-21-13(6-16)18-12/h2-5,8-9H,6-7,16H2,1H3,(H,17,19). The van der Waals surface area contributed by atoms with Gasteiger partial charge in [-0.1, -0.05) is 17.7 Å². The van der Waals surface area contributed by atoms with Crippen molar-refractivity contribution in [3.05, 3.63) is 45.4 Å². The van der Waals surface area contributed by atoms with E-state index in [1.54, 1.807) is 17.5 Å². The smallest absolute Gasteiger partial charge is 0.270 e. The monoisotopic (exact) mass is 325 g/mol. The summed E-state index contributed by atoms with van der Waals surface area (Å²) in [5, 5.41) is 5.82. The van der Waals surface area contributed by atoms with Gasteiger partial charge in [0, 0.05) is 16.9 Å². The van der Waals surface area contributed by atoms with Crippen molar-refractivity contribution in [2.45, 2.75) is 19.6 Å². The molecule has 0 bridgehead atoms. The molecule has 1 amide bonds. The molecule has 0 aliphatic heterocycles. The quantitative estimate of drug-likeness (QED) is 0.855. The molecule has 1 aromatic carbocycles. The number of hydrogen-bond donors (Lipinski definition) is 2. The molecule has 1 heterocycles. The van der Waals surface area contributed by atoms with Gasteiger partial charge >= 0.3 is 0 Å². The Labute approximate surface area is 132 Å². The van der Waals surface area contributed by atoms with E-state index in [2.05, 4.69) is 10.3 Å². The largest absolute Gasteiger partial charge is 0.489 e. The third-order valence-corrected chi connectivity index (χ3v) is 3.75. The van der Waals surface area contributed by atoms with Crippen molar-refractivity contribution in [1.29, 1.82) is 0 Å². The molecule has 7 heteroatoms. The van der Waals surface area contributed by atoms with E-state index in [1.807, 2.05) is 19.1 Å². The SMILES string of the molecule is CC(CNC(=O)c1csc(CN)n1)Oc1cccc(Cl)c1. The van der Waals surface area contributed by atoms with Gasteiger partial charge in [0.05, 0.1) is 6.54 Å². The third-order valence-electron chi connectivity index (χ3n) is 2.64. The summed E-state index contributed by atoms with van der Waals surface area (Å²) in [5.41, 5.74) is 5.85. The number of rotatable bonds is 6. The van der Waals surface area contributed by atoms with Crippen molar-refractivity contribution in [3.8, 4) is 5.75 Å². The summed E-state index contributed by atoms with van der Waals surface area (Å²) >= 11 is 7.26. The number of hydrogen-bond acceptors (Lipinski definition) is 5. The molecule has 0 aliphatic rings. The first kappa shape index (κ1) is 15.8. The second kappa shape index (κ2) is 7.40. The van der Waals surface area contributed by atoms with E-state index < -0.39 is 0 Å². The summed E-state index contributed by atoms with van der Waals surface area (Å²) in [4.78, 5) is 16.0. The number of carbonyl (C=O) groups excluding carboxylic acids is 1. The Balaban J connectivity index is 1.83. The number of halogens is 1. The summed E-state index contributed by atoms with van der Waals surface area (Å²) in [6.07, 6.45) is -0.181. The van der Waals surface area contributed by atoms with Gasteiger partial charge in [-0.25, -0.2) is 4.98 Å². The Morgan fingerprint density at radius 1 is 1.57 bits per heavy atom. The van der Waals surface area contributed by atoms with Crippen LogP contribution in [0.5, 0.6) is 5.75 Å². The lowest BCUT2D eigenvalue weighted by Gasteiger charge is -2.15. The minimum absolute atomic E-state index is 0.181. The van der Waals surface area contributed by atoms with Crippen LogP contribution in [0.25, 0.3) is 0 Å². The van der Waals surface area contributed by atoms with Crippen molar-refractivity contribution in [2.24, 2.45) is 5.73 Å². The van der Waals surface area contributed by atoms with Crippen LogP contribution in [0.15, 0.2) is 29.6 Å². The molecular formula is C14H16ClN3O2S. The molecule has 0 fully saturated rings. The highest BCUT2D eigenvalue weighted by Crippen LogP contribution is 2.18. The normalized spacial score (nSPS) is 12.0. The summed E-state index contributed by atoms with van der Waals surface area (Å²) < 4.78 is 5.67. The molecule has 2 aromatic rings. The molecule has 112 valence electrons. The zero-order valence-electron chi connectivity index (χ0n) is 11.5. The average molecular weight is 326 g/mol. The van der Waals surface area contributed by atoms with Gasteiger partial charge in [-0.3, -0.25) is 4.79 Å². The zero-order valence-corrected chi connectivity index (χ0v) is 13.1. The Morgan fingerprint density at radius 2 is 2.38 bits per heavy atom. The number of aromatic nitrogens is 1. The van der Waals surface area contributed by atoms with Crippen LogP contribution in [0.3, 0.4) is 0 Å². The fraction of sp³-hybridized carbons (Fsp3) is 0.286. The summed E-state index contributed by atoms with van der Waals surface area (Å²) in [6.45, 7) is 2.58. The lowest BCUT2D eigenvalue weighted by molar-refractivity contribution is 0.0927. The zero-order chi connectivity index (χ0) is 15.2. The van der Waals surface area contributed by atoms with Crippen LogP contribution in [0.2, 0.25) is 5.02 Å². The molecular weight excluding hydrogens is 310 g/mol. The van der Waals surface area contributed by atoms with Crippen LogP contribution in [0.4, 0.5) is 0 Å². The highest BCUT2D eigenvalue weighted by atomic mass is 35.5. The topological polar surface area (TPSA) is 77.2 Å². The van der Waals surface area contributed by atoms with E-state index in [0.717, 1.165) is 5.01 Å². The molecule has 0 saturated heterocycles. The van der Waals surface area contributed by atoms with Gasteiger partial charge in [-0.2, -0.15) is 0 Å². The van der Waals surface area contributed by atoms with Gasteiger partial charge in [-0.15, -0.1) is 11.3 Å². The first-order valence-corrected chi connectivity index (χ1v) is 7.69. The predicted octanol–water partition coefficient (Wildman–Crippen LogP) is 2.45. The van der Waals surface area contributed by atoms with Crippen molar-refractivity contribution < 1.29 is 9.53 Å². The van der Waals surface area contributed by atoms with Crippen LogP contribution >= 0.6 is 22.9 Å². The van der Waals surface area contributed by atoms with E-state index in [9.17, 15) is 4.79 Å². The second-order valence-electron chi connectivity index (χ2n) is 4.43. The highest BCUT2D eigenvalue weighted by Gasteiger charge is 2.12. The Kier molecular flexibility index (Phi) is 5.55. The van der Waals surface area contributed by atoms with E-state index in [0.29, 0.717) is 29.6 Å². The van der Waals surface area contributed by atoms with Crippen LogP contribution in [-0.4, -0.2) is 23.5 Å². The average Bonchev–Trinajstić information content (AvgIpc) is 2.94. The predicted molar refractivity (Wildman–Crippen MR) is 83.9 cm³/mol. The van der Waals surface area contributed by atoms with Crippen LogP contribution in [-0.2, 0) is 6.54 Å². The lowest BCUT2D eigenvalue weighted by atomic mass is 10.3. The fourth-order valence-corrected chi connectivity index (χ4v) is 2.49. The van der Waals surface area contributed by atoms with Gasteiger partial charge in [0.2, 0.25) is 0 Å². The first-order valence-electron chi connectivity index (χ1n) is 6.43. The van der Waals surface area contributed by atoms with Crippen molar-refractivity contribution in [2.75, 3.05) is 6.54 Å². The molecule has 1 atom stereocenters. The van der Waals surface area contributed by atoms with E-state index in [-0.39, 0.29) is 12.0 Å². The maximum atomic E-state index is 11.9. The number of ether oxygens (including phenoxy) is 1. The molecule has 3 N–H and O–H groups in total. The van der Waals surface area contributed by atoms with Crippen LogP contribution in [0.1, 0.15) is 22.4 Å². The number of nitrogens with two attached hydrogens (primary N) is 1. The number of nitrogens with one attached hydrogen (secondary N) is 1. The van der Waals surface area contributed by atoms with E-state index in [1.165, 1.54) is 11.3 Å². The highest BCUT2D eigenvalue weighted by molar-refractivity contribution is 7.09. The molecule has 2 rings (SSSR count). The first-order chi connectivity index (χ1) is 10.1. The van der Waals surface area contributed by atoms with Gasteiger partial charge in [-0.05, 0) is 25.1 Å². The molecule has 0 radical (unpaired) electrons. The Morgan fingerprint density at radius 3 is 3.05 bits per heavy atom. The molecule has 1 aromatic heterocycles. The maximum Gasteiger partial charge on any atom is 0.270 e. The number of amides is 1. The van der Waals surface area contributed by atoms with Crippen molar-refractivity contribution >= 4 is 28.8 Å². The molecule has 0 aliphatic carbocycles. The molecule has 5 nitrogen and oxygen atoms in total. The Bertz CT molecular complexity index is 618. The lowest BCUT2D eigenvalue weighted by Crippen LogP contribution is -2.33. The number of benzene rings is 1. The summed E-state index contributed by atoms with van der Waals surface area (Å²) in [6, 6.07) is 7.14. The number of thiazole rings is 1. The molecule has 0 saturated carbocycles. The third kappa shape index (κ3) is 4.70. The van der Waals surface area contributed by atoms with Gasteiger partial charge in [0.15, 0.2) is 0 Å². The van der Waals surface area contributed by atoms with Crippen molar-refractivity contribution in [3.63, 3.8) is 0 Å².